The number of hydrogen-bond acceptors (Lipinski definition) is 2. The predicted octanol–water partition coefficient (Wildman–Crippen LogP) is 1.89. The Balaban J connectivity index is 2.40. The van der Waals surface area contributed by atoms with Crippen LogP contribution in [0, 0.1) is 11.8 Å². The van der Waals surface area contributed by atoms with Gasteiger partial charge in [0.1, 0.15) is 0 Å². The van der Waals surface area contributed by atoms with E-state index in [0.717, 1.165) is 6.42 Å². The lowest BCUT2D eigenvalue weighted by Crippen LogP contribution is -2.46. The third-order valence-electron chi connectivity index (χ3n) is 3.23. The van der Waals surface area contributed by atoms with Crippen molar-refractivity contribution in [3.8, 4) is 0 Å². The fourth-order valence-corrected chi connectivity index (χ4v) is 1.86. The van der Waals surface area contributed by atoms with Crippen LogP contribution in [0.25, 0.3) is 0 Å². The molecule has 1 N–H and O–H groups in total. The van der Waals surface area contributed by atoms with Crippen molar-refractivity contribution in [3.05, 3.63) is 0 Å². The summed E-state index contributed by atoms with van der Waals surface area (Å²) < 4.78 is 36.3. The number of nitrogens with zero attached hydrogens (tertiary/aromatic N) is 1. The largest absolute Gasteiger partial charge is 0.415 e. The van der Waals surface area contributed by atoms with Gasteiger partial charge in [0.15, 0.2) is 6.10 Å². The number of β-amino-alcohol motifs (C(OH)–C–C–N with tert-alkyl or cyclic N) is 1. The van der Waals surface area contributed by atoms with Crippen molar-refractivity contribution in [1.29, 1.82) is 0 Å². The van der Waals surface area contributed by atoms with Crippen LogP contribution in [0.5, 0.6) is 0 Å². The Hall–Kier alpha value is -0.290. The zero-order valence-corrected chi connectivity index (χ0v) is 9.09. The molecule has 0 aliphatic carbocycles. The van der Waals surface area contributed by atoms with Crippen molar-refractivity contribution >= 4 is 0 Å². The molecule has 0 bridgehead atoms. The van der Waals surface area contributed by atoms with Crippen molar-refractivity contribution in [2.75, 3.05) is 19.6 Å². The molecule has 3 unspecified atom stereocenters. The molecule has 3 atom stereocenters. The van der Waals surface area contributed by atoms with E-state index in [9.17, 15) is 13.2 Å². The summed E-state index contributed by atoms with van der Waals surface area (Å²) in [7, 11) is 0. The first-order valence-corrected chi connectivity index (χ1v) is 5.28. The molecule has 1 aliphatic heterocycles. The van der Waals surface area contributed by atoms with Crippen LogP contribution in [0.1, 0.15) is 20.3 Å². The Morgan fingerprint density at radius 3 is 2.40 bits per heavy atom. The third kappa shape index (κ3) is 3.65. The lowest BCUT2D eigenvalue weighted by Gasteiger charge is -2.36. The molecule has 1 rings (SSSR count). The van der Waals surface area contributed by atoms with E-state index in [1.54, 1.807) is 4.90 Å². The van der Waals surface area contributed by atoms with Crippen molar-refractivity contribution in [2.24, 2.45) is 11.8 Å². The molecule has 0 aromatic carbocycles. The molecule has 0 radical (unpaired) electrons. The smallest absolute Gasteiger partial charge is 0.382 e. The molecule has 1 fully saturated rings. The second-order valence-electron chi connectivity index (χ2n) is 4.56. The zero-order chi connectivity index (χ0) is 11.6. The summed E-state index contributed by atoms with van der Waals surface area (Å²) in [5.41, 5.74) is 0. The van der Waals surface area contributed by atoms with E-state index in [2.05, 4.69) is 6.92 Å². The maximum Gasteiger partial charge on any atom is 0.415 e. The van der Waals surface area contributed by atoms with Gasteiger partial charge in [0.25, 0.3) is 0 Å². The molecular formula is C10H18F3NO. The summed E-state index contributed by atoms with van der Waals surface area (Å²) in [6, 6.07) is 0. The van der Waals surface area contributed by atoms with E-state index in [-0.39, 0.29) is 6.54 Å². The third-order valence-corrected chi connectivity index (χ3v) is 3.23. The number of alkyl halides is 3. The van der Waals surface area contributed by atoms with Gasteiger partial charge >= 0.3 is 6.18 Å². The lowest BCUT2D eigenvalue weighted by atomic mass is 9.88. The number of piperidine rings is 1. The van der Waals surface area contributed by atoms with Crippen molar-refractivity contribution in [2.45, 2.75) is 32.5 Å². The molecule has 0 saturated carbocycles. The van der Waals surface area contributed by atoms with Crippen LogP contribution in [0.3, 0.4) is 0 Å². The summed E-state index contributed by atoms with van der Waals surface area (Å²) in [6.45, 7) is 5.16. The molecule has 1 aliphatic rings. The average molecular weight is 225 g/mol. The highest BCUT2D eigenvalue weighted by atomic mass is 19.4. The Bertz CT molecular complexity index is 207. The molecule has 15 heavy (non-hydrogen) atoms. The van der Waals surface area contributed by atoms with Gasteiger partial charge in [-0.3, -0.25) is 0 Å². The number of aliphatic hydroxyl groups is 1. The van der Waals surface area contributed by atoms with Gasteiger partial charge in [0.05, 0.1) is 0 Å². The Labute approximate surface area is 88.1 Å². The van der Waals surface area contributed by atoms with E-state index < -0.39 is 12.3 Å². The van der Waals surface area contributed by atoms with E-state index in [4.69, 9.17) is 5.11 Å². The quantitative estimate of drug-likeness (QED) is 0.775. The normalized spacial score (nSPS) is 31.6. The SMILES string of the molecule is CC1CCN(CC(O)C(F)(F)F)CC1C. The van der Waals surface area contributed by atoms with Crippen molar-refractivity contribution in [3.63, 3.8) is 0 Å². The van der Waals surface area contributed by atoms with Gasteiger partial charge in [-0.05, 0) is 24.8 Å². The number of rotatable bonds is 2. The first kappa shape index (κ1) is 12.8. The van der Waals surface area contributed by atoms with E-state index >= 15 is 0 Å². The second-order valence-corrected chi connectivity index (χ2v) is 4.56. The molecule has 5 heteroatoms. The molecule has 1 heterocycles. The van der Waals surface area contributed by atoms with Crippen LogP contribution < -0.4 is 0 Å². The molecular weight excluding hydrogens is 207 g/mol. The van der Waals surface area contributed by atoms with Gasteiger partial charge in [-0.15, -0.1) is 0 Å². The summed E-state index contributed by atoms with van der Waals surface area (Å²) in [5, 5.41) is 8.92. The van der Waals surface area contributed by atoms with Crippen LogP contribution in [0.15, 0.2) is 0 Å². The summed E-state index contributed by atoms with van der Waals surface area (Å²) in [5.74, 6) is 0.962. The van der Waals surface area contributed by atoms with Gasteiger partial charge in [-0.1, -0.05) is 13.8 Å². The Morgan fingerprint density at radius 1 is 1.33 bits per heavy atom. The first-order chi connectivity index (χ1) is 6.80. The second kappa shape index (κ2) is 4.70. The van der Waals surface area contributed by atoms with Crippen LogP contribution >= 0.6 is 0 Å². The minimum absolute atomic E-state index is 0.291. The topological polar surface area (TPSA) is 23.5 Å². The fourth-order valence-electron chi connectivity index (χ4n) is 1.86. The molecule has 0 spiro atoms. The minimum Gasteiger partial charge on any atom is -0.382 e. The summed E-state index contributed by atoms with van der Waals surface area (Å²) in [4.78, 5) is 1.70. The summed E-state index contributed by atoms with van der Waals surface area (Å²) in [6.07, 6.45) is -5.80. The molecule has 2 nitrogen and oxygen atoms in total. The number of aliphatic hydroxyl groups excluding tert-OH is 1. The van der Waals surface area contributed by atoms with Gasteiger partial charge < -0.3 is 10.0 Å². The summed E-state index contributed by atoms with van der Waals surface area (Å²) >= 11 is 0. The highest BCUT2D eigenvalue weighted by molar-refractivity contribution is 4.78. The van der Waals surface area contributed by atoms with E-state index in [0.29, 0.717) is 24.9 Å². The predicted molar refractivity (Wildman–Crippen MR) is 51.4 cm³/mol. The van der Waals surface area contributed by atoms with Crippen LogP contribution in [0.2, 0.25) is 0 Å². The molecule has 0 amide bonds. The molecule has 1 saturated heterocycles. The molecule has 90 valence electrons. The average Bonchev–Trinajstić information content (AvgIpc) is 2.10. The fraction of sp³-hybridized carbons (Fsp3) is 1.00. The highest BCUT2D eigenvalue weighted by Crippen LogP contribution is 2.25. The Kier molecular flexibility index (Phi) is 4.00. The van der Waals surface area contributed by atoms with Gasteiger partial charge in [-0.2, -0.15) is 13.2 Å². The minimum atomic E-state index is -4.49. The monoisotopic (exact) mass is 225 g/mol. The number of hydrogen-bond donors (Lipinski definition) is 1. The van der Waals surface area contributed by atoms with Gasteiger partial charge in [0, 0.05) is 13.1 Å². The maximum atomic E-state index is 12.1. The molecule has 0 aromatic heterocycles. The molecule has 0 aromatic rings. The number of likely N-dealkylation sites (tertiary alicyclic amines) is 1. The zero-order valence-electron chi connectivity index (χ0n) is 9.09. The van der Waals surface area contributed by atoms with Gasteiger partial charge in [-0.25, -0.2) is 0 Å². The van der Waals surface area contributed by atoms with Crippen LogP contribution in [-0.2, 0) is 0 Å². The Morgan fingerprint density at radius 2 is 1.93 bits per heavy atom. The number of halogens is 3. The standard InChI is InChI=1S/C10H18F3NO/c1-7-3-4-14(5-8(7)2)6-9(15)10(11,12)13/h7-9,15H,3-6H2,1-2H3. The first-order valence-electron chi connectivity index (χ1n) is 5.28. The van der Waals surface area contributed by atoms with Gasteiger partial charge in [0.2, 0.25) is 0 Å². The van der Waals surface area contributed by atoms with Crippen LogP contribution in [-0.4, -0.2) is 41.9 Å². The van der Waals surface area contributed by atoms with Crippen molar-refractivity contribution < 1.29 is 18.3 Å². The van der Waals surface area contributed by atoms with Crippen LogP contribution in [0.4, 0.5) is 13.2 Å². The lowest BCUT2D eigenvalue weighted by molar-refractivity contribution is -0.209. The van der Waals surface area contributed by atoms with E-state index in [1.165, 1.54) is 0 Å². The highest BCUT2D eigenvalue weighted by Gasteiger charge is 2.39. The maximum absolute atomic E-state index is 12.1. The van der Waals surface area contributed by atoms with Crippen molar-refractivity contribution in [1.82, 2.24) is 4.90 Å². The van der Waals surface area contributed by atoms with E-state index in [1.807, 2.05) is 6.92 Å².